The standard InChI is InChI=1S/C4H11N3/c1-3(2)4-5-7-6-4/h3-7H,1-2H3. The zero-order valence-corrected chi connectivity index (χ0v) is 4.65. The van der Waals surface area contributed by atoms with Crippen molar-refractivity contribution in [2.75, 3.05) is 0 Å². The fraction of sp³-hybridized carbons (Fsp3) is 1.00. The van der Waals surface area contributed by atoms with Gasteiger partial charge in [0.1, 0.15) is 0 Å². The number of hydrogen-bond donors (Lipinski definition) is 3. The Bertz CT molecular complexity index is 58.0. The Kier molecular flexibility index (Phi) is 1.27. The molecule has 0 atom stereocenters. The first-order valence-corrected chi connectivity index (χ1v) is 2.57. The van der Waals surface area contributed by atoms with Crippen LogP contribution in [0.25, 0.3) is 0 Å². The van der Waals surface area contributed by atoms with Gasteiger partial charge in [-0.15, -0.1) is 0 Å². The molecule has 1 heterocycles. The van der Waals surface area contributed by atoms with Crippen LogP contribution in [0.5, 0.6) is 0 Å². The molecule has 0 bridgehead atoms. The zero-order valence-electron chi connectivity index (χ0n) is 4.65. The molecular formula is C4H11N3. The summed E-state index contributed by atoms with van der Waals surface area (Å²) in [5, 5.41) is 0. The molecule has 1 rings (SSSR count). The fourth-order valence-corrected chi connectivity index (χ4v) is 0.489. The molecule has 1 aliphatic heterocycles. The van der Waals surface area contributed by atoms with Gasteiger partial charge < -0.3 is 0 Å². The van der Waals surface area contributed by atoms with Crippen molar-refractivity contribution in [2.24, 2.45) is 5.92 Å². The lowest BCUT2D eigenvalue weighted by atomic mass is 10.1. The first-order chi connectivity index (χ1) is 3.30. The van der Waals surface area contributed by atoms with Gasteiger partial charge in [-0.2, -0.15) is 5.53 Å². The largest absolute Gasteiger partial charge is 0.226 e. The van der Waals surface area contributed by atoms with Crippen molar-refractivity contribution in [3.63, 3.8) is 0 Å². The predicted molar refractivity (Wildman–Crippen MR) is 28.0 cm³/mol. The summed E-state index contributed by atoms with van der Waals surface area (Å²) in [6, 6.07) is 0. The van der Waals surface area contributed by atoms with Crippen LogP contribution >= 0.6 is 0 Å². The van der Waals surface area contributed by atoms with Crippen LogP contribution in [-0.4, -0.2) is 6.17 Å². The lowest BCUT2D eigenvalue weighted by Gasteiger charge is -2.33. The van der Waals surface area contributed by atoms with Crippen LogP contribution in [0.4, 0.5) is 0 Å². The quantitative estimate of drug-likeness (QED) is 0.420. The van der Waals surface area contributed by atoms with E-state index < -0.39 is 0 Å². The van der Waals surface area contributed by atoms with Crippen LogP contribution in [0.1, 0.15) is 13.8 Å². The second-order valence-corrected chi connectivity index (χ2v) is 2.14. The van der Waals surface area contributed by atoms with E-state index in [9.17, 15) is 0 Å². The van der Waals surface area contributed by atoms with Gasteiger partial charge >= 0.3 is 0 Å². The van der Waals surface area contributed by atoms with E-state index in [0.29, 0.717) is 12.1 Å². The molecule has 7 heavy (non-hydrogen) atoms. The van der Waals surface area contributed by atoms with Crippen LogP contribution in [0, 0.1) is 5.92 Å². The third-order valence-electron chi connectivity index (χ3n) is 1.12. The van der Waals surface area contributed by atoms with Gasteiger partial charge in [0, 0.05) is 0 Å². The van der Waals surface area contributed by atoms with Gasteiger partial charge in [0.05, 0.1) is 6.17 Å². The van der Waals surface area contributed by atoms with Crippen molar-refractivity contribution in [3.05, 3.63) is 0 Å². The molecule has 0 aromatic heterocycles. The molecule has 1 fully saturated rings. The minimum Gasteiger partial charge on any atom is -0.226 e. The van der Waals surface area contributed by atoms with Crippen LogP contribution in [0.2, 0.25) is 0 Å². The van der Waals surface area contributed by atoms with E-state index in [1.807, 2.05) is 0 Å². The third kappa shape index (κ3) is 0.907. The zero-order chi connectivity index (χ0) is 5.28. The molecule has 0 aliphatic carbocycles. The summed E-state index contributed by atoms with van der Waals surface area (Å²) < 4.78 is 0. The molecule has 1 aliphatic rings. The highest BCUT2D eigenvalue weighted by Crippen LogP contribution is 1.97. The highest BCUT2D eigenvalue weighted by Gasteiger charge is 2.17. The average Bonchev–Trinajstić information content (AvgIpc) is 1.23. The second-order valence-electron chi connectivity index (χ2n) is 2.14. The van der Waals surface area contributed by atoms with Gasteiger partial charge in [0.25, 0.3) is 0 Å². The van der Waals surface area contributed by atoms with Gasteiger partial charge in [-0.3, -0.25) is 0 Å². The Labute approximate surface area is 43.4 Å². The van der Waals surface area contributed by atoms with Gasteiger partial charge in [0.2, 0.25) is 0 Å². The van der Waals surface area contributed by atoms with E-state index in [1.165, 1.54) is 0 Å². The number of nitrogens with one attached hydrogen (secondary N) is 3. The summed E-state index contributed by atoms with van der Waals surface area (Å²) in [4.78, 5) is 0. The van der Waals surface area contributed by atoms with Crippen molar-refractivity contribution in [1.29, 1.82) is 0 Å². The summed E-state index contributed by atoms with van der Waals surface area (Å²) >= 11 is 0. The van der Waals surface area contributed by atoms with Gasteiger partial charge in [0.15, 0.2) is 0 Å². The SMILES string of the molecule is CC(C)C1NNN1. The summed E-state index contributed by atoms with van der Waals surface area (Å²) in [5.74, 6) is 0.668. The Hall–Kier alpha value is -0.120. The molecule has 0 radical (unpaired) electrons. The molecule has 1 saturated heterocycles. The van der Waals surface area contributed by atoms with Crippen LogP contribution < -0.4 is 16.4 Å². The summed E-state index contributed by atoms with van der Waals surface area (Å²) in [7, 11) is 0. The molecule has 3 heteroatoms. The second kappa shape index (κ2) is 1.78. The van der Waals surface area contributed by atoms with E-state index >= 15 is 0 Å². The molecule has 0 aromatic carbocycles. The van der Waals surface area contributed by atoms with Crippen LogP contribution in [0.3, 0.4) is 0 Å². The Morgan fingerprint density at radius 3 is 1.86 bits per heavy atom. The van der Waals surface area contributed by atoms with Gasteiger partial charge in [-0.25, -0.2) is 10.9 Å². The van der Waals surface area contributed by atoms with E-state index in [1.54, 1.807) is 0 Å². The molecular weight excluding hydrogens is 90.1 g/mol. The first kappa shape index (κ1) is 5.03. The molecule has 3 N–H and O–H groups in total. The number of rotatable bonds is 1. The van der Waals surface area contributed by atoms with Crippen molar-refractivity contribution < 1.29 is 0 Å². The first-order valence-electron chi connectivity index (χ1n) is 2.57. The normalized spacial score (nSPS) is 22.7. The molecule has 0 unspecified atom stereocenters. The van der Waals surface area contributed by atoms with Crippen LogP contribution in [0.15, 0.2) is 0 Å². The van der Waals surface area contributed by atoms with E-state index in [2.05, 4.69) is 30.2 Å². The lowest BCUT2D eigenvalue weighted by Crippen LogP contribution is -2.71. The van der Waals surface area contributed by atoms with E-state index in [0.717, 1.165) is 0 Å². The molecule has 42 valence electrons. The molecule has 0 amide bonds. The molecule has 0 aromatic rings. The topological polar surface area (TPSA) is 36.1 Å². The predicted octanol–water partition coefficient (Wildman–Crippen LogP) is -0.419. The number of hydrogen-bond acceptors (Lipinski definition) is 3. The molecule has 0 saturated carbocycles. The monoisotopic (exact) mass is 101 g/mol. The molecule has 0 spiro atoms. The third-order valence-corrected chi connectivity index (χ3v) is 1.12. The van der Waals surface area contributed by atoms with Gasteiger partial charge in [-0.05, 0) is 5.92 Å². The maximum atomic E-state index is 2.98. The number of hydrazine groups is 2. The average molecular weight is 101 g/mol. The summed E-state index contributed by atoms with van der Waals surface area (Å²) in [6.45, 7) is 4.32. The van der Waals surface area contributed by atoms with E-state index in [-0.39, 0.29) is 0 Å². The Morgan fingerprint density at radius 1 is 1.29 bits per heavy atom. The lowest BCUT2D eigenvalue weighted by molar-refractivity contribution is 0.140. The summed E-state index contributed by atoms with van der Waals surface area (Å²) in [6.07, 6.45) is 0.472. The van der Waals surface area contributed by atoms with E-state index in [4.69, 9.17) is 0 Å². The maximum Gasteiger partial charge on any atom is 0.0881 e. The van der Waals surface area contributed by atoms with Crippen molar-refractivity contribution in [1.82, 2.24) is 16.4 Å². The maximum absolute atomic E-state index is 2.98. The Morgan fingerprint density at radius 2 is 1.86 bits per heavy atom. The highest BCUT2D eigenvalue weighted by molar-refractivity contribution is 4.67. The van der Waals surface area contributed by atoms with Gasteiger partial charge in [-0.1, -0.05) is 13.8 Å². The van der Waals surface area contributed by atoms with Crippen molar-refractivity contribution in [2.45, 2.75) is 20.0 Å². The smallest absolute Gasteiger partial charge is 0.0881 e. The summed E-state index contributed by atoms with van der Waals surface area (Å²) in [5.41, 5.74) is 8.71. The minimum absolute atomic E-state index is 0.472. The Balaban J connectivity index is 2.14. The van der Waals surface area contributed by atoms with Crippen molar-refractivity contribution in [3.8, 4) is 0 Å². The van der Waals surface area contributed by atoms with Crippen LogP contribution in [-0.2, 0) is 0 Å². The van der Waals surface area contributed by atoms with Crippen molar-refractivity contribution >= 4 is 0 Å². The fourth-order valence-electron chi connectivity index (χ4n) is 0.489. The molecule has 3 nitrogen and oxygen atoms in total. The minimum atomic E-state index is 0.472. The highest BCUT2D eigenvalue weighted by atomic mass is 15.7.